The number of carbonyl (C=O) groups excluding carboxylic acids is 1. The molecule has 4 heterocycles. The lowest BCUT2D eigenvalue weighted by Gasteiger charge is -2.36. The fraction of sp³-hybridized carbons (Fsp3) is 0.462. The maximum atomic E-state index is 13.8. The Morgan fingerprint density at radius 1 is 0.846 bits per heavy atom. The van der Waals surface area contributed by atoms with Crippen LogP contribution in [0.2, 0.25) is 0 Å². The molecule has 0 spiro atoms. The molecule has 39 heavy (non-hydrogen) atoms. The first-order valence-corrected chi connectivity index (χ1v) is 12.6. The van der Waals surface area contributed by atoms with Gasteiger partial charge in [-0.1, -0.05) is 0 Å². The highest BCUT2D eigenvalue weighted by Crippen LogP contribution is 2.39. The number of carbonyl (C=O) groups is 1. The standard InChI is InChI=1S/C26H26F6N6O/c1-36-22(24(39)38-8-4-20(5-9-38)37-6-2-3-7-37)21(17-13-33-15-34-14-17)35-23(36)16-10-18(25(27,28)29)12-19(11-16)26(30,31)32/h10-15,20H,2-9H2,1H3. The molecule has 2 fully saturated rings. The van der Waals surface area contributed by atoms with Gasteiger partial charge < -0.3 is 14.4 Å². The lowest BCUT2D eigenvalue weighted by Crippen LogP contribution is -2.46. The summed E-state index contributed by atoms with van der Waals surface area (Å²) in [5, 5.41) is 0. The summed E-state index contributed by atoms with van der Waals surface area (Å²) in [6.07, 6.45) is -2.11. The van der Waals surface area contributed by atoms with E-state index in [1.54, 1.807) is 4.90 Å². The van der Waals surface area contributed by atoms with Gasteiger partial charge in [-0.05, 0) is 57.0 Å². The molecule has 5 rings (SSSR count). The zero-order valence-electron chi connectivity index (χ0n) is 21.1. The molecule has 0 bridgehead atoms. The third-order valence-electron chi connectivity index (χ3n) is 7.39. The van der Waals surface area contributed by atoms with Crippen LogP contribution in [0.15, 0.2) is 36.9 Å². The maximum Gasteiger partial charge on any atom is 0.416 e. The van der Waals surface area contributed by atoms with Crippen LogP contribution < -0.4 is 0 Å². The maximum absolute atomic E-state index is 13.8. The smallest absolute Gasteiger partial charge is 0.337 e. The van der Waals surface area contributed by atoms with Crippen molar-refractivity contribution < 1.29 is 31.1 Å². The second-order valence-corrected chi connectivity index (χ2v) is 9.88. The first-order valence-electron chi connectivity index (χ1n) is 12.6. The van der Waals surface area contributed by atoms with E-state index in [0.29, 0.717) is 36.8 Å². The quantitative estimate of drug-likeness (QED) is 0.412. The lowest BCUT2D eigenvalue weighted by atomic mass is 10.0. The Labute approximate surface area is 220 Å². The summed E-state index contributed by atoms with van der Waals surface area (Å²) < 4.78 is 82.5. The molecule has 1 amide bonds. The SMILES string of the molecule is Cn1c(-c2cc(C(F)(F)F)cc(C(F)(F)F)c2)nc(-c2cncnc2)c1C(=O)N1CCC(N2CCCC2)CC1. The Morgan fingerprint density at radius 2 is 1.41 bits per heavy atom. The van der Waals surface area contributed by atoms with Crippen LogP contribution in [0.3, 0.4) is 0 Å². The minimum absolute atomic E-state index is 0.0467. The van der Waals surface area contributed by atoms with Gasteiger partial charge in [-0.15, -0.1) is 0 Å². The van der Waals surface area contributed by atoms with Crippen molar-refractivity contribution in [3.63, 3.8) is 0 Å². The predicted molar refractivity (Wildman–Crippen MR) is 129 cm³/mol. The molecule has 0 radical (unpaired) electrons. The van der Waals surface area contributed by atoms with Crippen LogP contribution >= 0.6 is 0 Å². The van der Waals surface area contributed by atoms with E-state index >= 15 is 0 Å². The number of halogens is 6. The van der Waals surface area contributed by atoms with Crippen LogP contribution in [0.4, 0.5) is 26.3 Å². The van der Waals surface area contributed by atoms with Gasteiger partial charge in [0.1, 0.15) is 23.5 Å². The first kappa shape index (κ1) is 27.1. The second-order valence-electron chi connectivity index (χ2n) is 9.88. The number of aromatic nitrogens is 4. The largest absolute Gasteiger partial charge is 0.416 e. The molecule has 208 valence electrons. The molecule has 0 unspecified atom stereocenters. The number of imidazole rings is 1. The highest BCUT2D eigenvalue weighted by molar-refractivity contribution is 5.99. The van der Waals surface area contributed by atoms with E-state index in [1.165, 1.54) is 30.3 Å². The van der Waals surface area contributed by atoms with Crippen molar-refractivity contribution in [2.45, 2.75) is 44.1 Å². The van der Waals surface area contributed by atoms with Crippen molar-refractivity contribution in [3.8, 4) is 22.6 Å². The van der Waals surface area contributed by atoms with Crippen LogP contribution in [0.1, 0.15) is 47.3 Å². The van der Waals surface area contributed by atoms with Gasteiger partial charge in [0.25, 0.3) is 5.91 Å². The van der Waals surface area contributed by atoms with Crippen LogP contribution in [0, 0.1) is 0 Å². The van der Waals surface area contributed by atoms with Gasteiger partial charge in [0.15, 0.2) is 0 Å². The van der Waals surface area contributed by atoms with Crippen molar-refractivity contribution in [1.29, 1.82) is 0 Å². The second kappa shape index (κ2) is 10.2. The Morgan fingerprint density at radius 3 is 1.95 bits per heavy atom. The van der Waals surface area contributed by atoms with Gasteiger partial charge in [-0.25, -0.2) is 15.0 Å². The monoisotopic (exact) mass is 552 g/mol. The van der Waals surface area contributed by atoms with E-state index in [2.05, 4.69) is 19.9 Å². The van der Waals surface area contributed by atoms with Crippen molar-refractivity contribution in [2.24, 2.45) is 7.05 Å². The summed E-state index contributed by atoms with van der Waals surface area (Å²) in [5.74, 6) is -0.612. The minimum atomic E-state index is -5.02. The average Bonchev–Trinajstić information content (AvgIpc) is 3.56. The minimum Gasteiger partial charge on any atom is -0.337 e. The van der Waals surface area contributed by atoms with Crippen molar-refractivity contribution in [2.75, 3.05) is 26.2 Å². The van der Waals surface area contributed by atoms with Crippen molar-refractivity contribution >= 4 is 5.91 Å². The van der Waals surface area contributed by atoms with E-state index in [4.69, 9.17) is 0 Å². The van der Waals surface area contributed by atoms with E-state index in [1.807, 2.05) is 0 Å². The number of benzene rings is 1. The van der Waals surface area contributed by atoms with E-state index in [9.17, 15) is 31.1 Å². The number of likely N-dealkylation sites (tertiary alicyclic amines) is 2. The molecule has 2 aromatic heterocycles. The number of amides is 1. The molecular weight excluding hydrogens is 526 g/mol. The van der Waals surface area contributed by atoms with Crippen molar-refractivity contribution in [3.05, 3.63) is 53.7 Å². The predicted octanol–water partition coefficient (Wildman–Crippen LogP) is 5.28. The highest BCUT2D eigenvalue weighted by Gasteiger charge is 2.38. The number of rotatable bonds is 4. The number of piperidine rings is 1. The van der Waals surface area contributed by atoms with Gasteiger partial charge >= 0.3 is 12.4 Å². The first-order chi connectivity index (χ1) is 18.4. The summed E-state index contributed by atoms with van der Waals surface area (Å²) in [7, 11) is 1.41. The molecule has 0 saturated carbocycles. The van der Waals surface area contributed by atoms with Gasteiger partial charge in [0.05, 0.1) is 11.1 Å². The molecule has 2 aliphatic heterocycles. The molecule has 7 nitrogen and oxygen atoms in total. The molecule has 13 heteroatoms. The van der Waals surface area contributed by atoms with Crippen LogP contribution in [-0.2, 0) is 19.4 Å². The van der Waals surface area contributed by atoms with Gasteiger partial charge in [-0.2, -0.15) is 26.3 Å². The Bertz CT molecular complexity index is 1310. The molecule has 0 aliphatic carbocycles. The Kier molecular flexibility index (Phi) is 7.12. The molecule has 1 aromatic carbocycles. The van der Waals surface area contributed by atoms with Crippen LogP contribution in [-0.4, -0.2) is 67.4 Å². The Balaban J connectivity index is 1.56. The normalized spacial score (nSPS) is 17.7. The third kappa shape index (κ3) is 5.49. The fourth-order valence-corrected chi connectivity index (χ4v) is 5.40. The molecule has 2 aliphatic rings. The average molecular weight is 553 g/mol. The highest BCUT2D eigenvalue weighted by atomic mass is 19.4. The molecule has 0 atom stereocenters. The summed E-state index contributed by atoms with van der Waals surface area (Å²) >= 11 is 0. The van der Waals surface area contributed by atoms with Crippen LogP contribution in [0.25, 0.3) is 22.6 Å². The van der Waals surface area contributed by atoms with Gasteiger partial charge in [0.2, 0.25) is 0 Å². The third-order valence-corrected chi connectivity index (χ3v) is 7.39. The topological polar surface area (TPSA) is 67.2 Å². The number of nitrogens with zero attached hydrogens (tertiary/aromatic N) is 6. The molecule has 2 saturated heterocycles. The lowest BCUT2D eigenvalue weighted by molar-refractivity contribution is -0.143. The Hall–Kier alpha value is -3.48. The summed E-state index contributed by atoms with van der Waals surface area (Å²) in [4.78, 5) is 30.2. The van der Waals surface area contributed by atoms with Crippen molar-refractivity contribution in [1.82, 2.24) is 29.3 Å². The summed E-state index contributed by atoms with van der Waals surface area (Å²) in [6.45, 7) is 3.04. The van der Waals surface area contributed by atoms with Crippen LogP contribution in [0.5, 0.6) is 0 Å². The summed E-state index contributed by atoms with van der Waals surface area (Å²) in [6, 6.07) is 1.67. The van der Waals surface area contributed by atoms with Gasteiger partial charge in [-0.3, -0.25) is 4.79 Å². The summed E-state index contributed by atoms with van der Waals surface area (Å²) in [5.41, 5.74) is -2.88. The van der Waals surface area contributed by atoms with E-state index in [-0.39, 0.29) is 23.3 Å². The molecule has 0 N–H and O–H groups in total. The molecule has 3 aromatic rings. The van der Waals surface area contributed by atoms with E-state index in [0.717, 1.165) is 38.8 Å². The number of hydrogen-bond acceptors (Lipinski definition) is 5. The number of alkyl halides is 6. The zero-order valence-corrected chi connectivity index (χ0v) is 21.1. The van der Waals surface area contributed by atoms with E-state index < -0.39 is 35.0 Å². The van der Waals surface area contributed by atoms with Gasteiger partial charge in [0, 0.05) is 49.7 Å². The number of hydrogen-bond donors (Lipinski definition) is 0. The zero-order chi connectivity index (χ0) is 27.9. The fourth-order valence-electron chi connectivity index (χ4n) is 5.40. The molecular formula is C26H26F6N6O.